The van der Waals surface area contributed by atoms with Gasteiger partial charge >= 0.3 is 6.18 Å². The van der Waals surface area contributed by atoms with E-state index in [2.05, 4.69) is 15.1 Å². The average Bonchev–Trinajstić information content (AvgIpc) is 3.05. The van der Waals surface area contributed by atoms with Crippen LogP contribution in [-0.2, 0) is 11.3 Å². The molecule has 0 aliphatic rings. The van der Waals surface area contributed by atoms with Crippen LogP contribution in [0.1, 0.15) is 24.6 Å². The van der Waals surface area contributed by atoms with Gasteiger partial charge in [-0.1, -0.05) is 11.6 Å². The van der Waals surface area contributed by atoms with Crippen molar-refractivity contribution in [3.8, 4) is 5.88 Å². The number of hydrogen-bond donors (Lipinski definition) is 1. The predicted molar refractivity (Wildman–Crippen MR) is 100 cm³/mol. The lowest BCUT2D eigenvalue weighted by Gasteiger charge is -2.10. The molecule has 0 radical (unpaired) electrons. The highest BCUT2D eigenvalue weighted by Crippen LogP contribution is 2.25. The maximum Gasteiger partial charge on any atom is 0.392 e. The predicted octanol–water partition coefficient (Wildman–Crippen LogP) is 4.22. The van der Waals surface area contributed by atoms with Crippen LogP contribution >= 0.6 is 11.6 Å². The van der Waals surface area contributed by atoms with Crippen LogP contribution in [0.15, 0.2) is 30.7 Å². The van der Waals surface area contributed by atoms with E-state index in [1.54, 1.807) is 36.1 Å². The number of halogens is 4. The van der Waals surface area contributed by atoms with E-state index < -0.39 is 19.2 Å². The minimum atomic E-state index is -4.30. The fourth-order valence-corrected chi connectivity index (χ4v) is 2.82. The van der Waals surface area contributed by atoms with Crippen molar-refractivity contribution in [1.82, 2.24) is 19.7 Å². The molecule has 3 rings (SSSR count). The van der Waals surface area contributed by atoms with E-state index in [0.29, 0.717) is 35.3 Å². The molecule has 0 atom stereocenters. The van der Waals surface area contributed by atoms with E-state index in [4.69, 9.17) is 26.5 Å². The number of fused-ring (bicyclic) bond motifs is 1. The second-order valence-electron chi connectivity index (χ2n) is 6.03. The zero-order valence-corrected chi connectivity index (χ0v) is 16.1. The van der Waals surface area contributed by atoms with Gasteiger partial charge in [0.1, 0.15) is 10.7 Å². The van der Waals surface area contributed by atoms with Gasteiger partial charge in [-0.3, -0.25) is 15.1 Å². The van der Waals surface area contributed by atoms with E-state index in [0.717, 1.165) is 0 Å². The zero-order valence-electron chi connectivity index (χ0n) is 15.3. The minimum absolute atomic E-state index is 0.0391. The number of hydrogen-bond acceptors (Lipinski definition) is 6. The van der Waals surface area contributed by atoms with E-state index in [9.17, 15) is 13.2 Å². The molecular formula is C18H17ClF3N5O2. The maximum absolute atomic E-state index is 12.2. The van der Waals surface area contributed by atoms with Crippen LogP contribution in [0.2, 0.25) is 5.02 Å². The molecule has 0 aliphatic heterocycles. The molecule has 154 valence electrons. The molecule has 29 heavy (non-hydrogen) atoms. The maximum atomic E-state index is 12.2. The lowest BCUT2D eigenvalue weighted by molar-refractivity contribution is -0.139. The van der Waals surface area contributed by atoms with Gasteiger partial charge in [0.05, 0.1) is 37.1 Å². The van der Waals surface area contributed by atoms with Crippen LogP contribution in [0.3, 0.4) is 0 Å². The number of nitrogens with zero attached hydrogens (tertiary/aromatic N) is 4. The molecule has 0 spiro atoms. The number of nitrogens with one attached hydrogen (secondary N) is 1. The van der Waals surface area contributed by atoms with Gasteiger partial charge in [-0.05, 0) is 24.6 Å². The smallest absolute Gasteiger partial charge is 0.392 e. The molecule has 0 aromatic carbocycles. The Balaban J connectivity index is 1.74. The van der Waals surface area contributed by atoms with Gasteiger partial charge in [-0.2, -0.15) is 18.3 Å². The third-order valence-electron chi connectivity index (χ3n) is 3.82. The summed E-state index contributed by atoms with van der Waals surface area (Å²) >= 11 is 6.07. The van der Waals surface area contributed by atoms with Crippen molar-refractivity contribution < 1.29 is 22.6 Å². The van der Waals surface area contributed by atoms with Crippen molar-refractivity contribution in [2.24, 2.45) is 0 Å². The quantitative estimate of drug-likeness (QED) is 0.450. The minimum Gasteiger partial charge on any atom is -0.477 e. The van der Waals surface area contributed by atoms with Gasteiger partial charge < -0.3 is 9.47 Å². The summed E-state index contributed by atoms with van der Waals surface area (Å²) < 4.78 is 48.5. The summed E-state index contributed by atoms with van der Waals surface area (Å²) in [5, 5.41) is 13.2. The van der Waals surface area contributed by atoms with Crippen LogP contribution in [0.4, 0.5) is 13.2 Å². The summed E-state index contributed by atoms with van der Waals surface area (Å²) in [6, 6.07) is 3.28. The standard InChI is InChI=1S/C18H17ClF3N5O2/c1-2-28-16(23)15-12-10-27(26-14(12)3-5-24-15)9-11-7-13(19)17(25-8-11)29-6-4-18(20,21)22/h3,5,7-8,10,23H,2,4,6,9H2,1H3. The molecule has 1 N–H and O–H groups in total. The SMILES string of the molecule is CCOC(=N)c1nccc2nn(Cc3cnc(OCCC(F)(F)F)c(Cl)c3)cc12. The van der Waals surface area contributed by atoms with Crippen molar-refractivity contribution >= 4 is 28.4 Å². The first-order valence-electron chi connectivity index (χ1n) is 8.64. The fourth-order valence-electron chi connectivity index (χ4n) is 2.58. The second-order valence-corrected chi connectivity index (χ2v) is 6.43. The summed E-state index contributed by atoms with van der Waals surface area (Å²) in [5.74, 6) is -0.0929. The molecule has 3 aromatic heterocycles. The second kappa shape index (κ2) is 8.64. The lowest BCUT2D eigenvalue weighted by atomic mass is 10.2. The Morgan fingerprint density at radius 2 is 2.10 bits per heavy atom. The molecule has 0 bridgehead atoms. The van der Waals surface area contributed by atoms with E-state index in [1.165, 1.54) is 6.20 Å². The Hall–Kier alpha value is -2.88. The highest BCUT2D eigenvalue weighted by molar-refractivity contribution is 6.31. The molecule has 0 saturated carbocycles. The highest BCUT2D eigenvalue weighted by atomic mass is 35.5. The number of alkyl halides is 3. The highest BCUT2D eigenvalue weighted by Gasteiger charge is 2.27. The largest absolute Gasteiger partial charge is 0.477 e. The van der Waals surface area contributed by atoms with Crippen molar-refractivity contribution in [3.05, 3.63) is 47.0 Å². The third-order valence-corrected chi connectivity index (χ3v) is 4.09. The molecule has 0 fully saturated rings. The first kappa shape index (κ1) is 20.8. The summed E-state index contributed by atoms with van der Waals surface area (Å²) in [4.78, 5) is 8.17. The van der Waals surface area contributed by atoms with Gasteiger partial charge in [0.25, 0.3) is 0 Å². The van der Waals surface area contributed by atoms with Crippen molar-refractivity contribution in [2.75, 3.05) is 13.2 Å². The van der Waals surface area contributed by atoms with E-state index >= 15 is 0 Å². The van der Waals surface area contributed by atoms with Gasteiger partial charge in [-0.15, -0.1) is 0 Å². The monoisotopic (exact) mass is 427 g/mol. The Morgan fingerprint density at radius 3 is 2.79 bits per heavy atom. The summed E-state index contributed by atoms with van der Waals surface area (Å²) in [6.07, 6.45) is -0.649. The molecule has 0 saturated heterocycles. The van der Waals surface area contributed by atoms with Gasteiger partial charge in [0.15, 0.2) is 0 Å². The number of pyridine rings is 2. The molecule has 7 nitrogen and oxygen atoms in total. The van der Waals surface area contributed by atoms with Crippen LogP contribution in [0.5, 0.6) is 5.88 Å². The Labute approximate surface area is 168 Å². The summed E-state index contributed by atoms with van der Waals surface area (Å²) in [5.41, 5.74) is 1.71. The van der Waals surface area contributed by atoms with Crippen LogP contribution < -0.4 is 4.74 Å². The Kier molecular flexibility index (Phi) is 6.21. The number of ether oxygens (including phenoxy) is 2. The van der Waals surface area contributed by atoms with E-state index in [-0.39, 0.29) is 16.8 Å². The van der Waals surface area contributed by atoms with Gasteiger partial charge in [0, 0.05) is 18.6 Å². The molecule has 0 amide bonds. The van der Waals surface area contributed by atoms with Crippen molar-refractivity contribution in [2.45, 2.75) is 26.1 Å². The molecule has 0 unspecified atom stereocenters. The molecule has 0 aliphatic carbocycles. The van der Waals surface area contributed by atoms with E-state index in [1.807, 2.05) is 0 Å². The summed E-state index contributed by atoms with van der Waals surface area (Å²) in [6.45, 7) is 1.89. The topological polar surface area (TPSA) is 85.9 Å². The zero-order chi connectivity index (χ0) is 21.0. The molecular weight excluding hydrogens is 411 g/mol. The fraction of sp³-hybridized carbons (Fsp3) is 0.333. The van der Waals surface area contributed by atoms with Crippen LogP contribution in [0.25, 0.3) is 10.9 Å². The normalized spacial score (nSPS) is 11.6. The van der Waals surface area contributed by atoms with Crippen molar-refractivity contribution in [1.29, 1.82) is 5.41 Å². The number of aromatic nitrogens is 4. The molecule has 3 heterocycles. The van der Waals surface area contributed by atoms with Crippen molar-refractivity contribution in [3.63, 3.8) is 0 Å². The first-order chi connectivity index (χ1) is 13.8. The van der Waals surface area contributed by atoms with Crippen LogP contribution in [-0.4, -0.2) is 45.0 Å². The third kappa shape index (κ3) is 5.35. The average molecular weight is 428 g/mol. The van der Waals surface area contributed by atoms with Crippen LogP contribution in [0, 0.1) is 5.41 Å². The van der Waals surface area contributed by atoms with Gasteiger partial charge in [-0.25, -0.2) is 4.98 Å². The lowest BCUT2D eigenvalue weighted by Crippen LogP contribution is -2.13. The Bertz CT molecular complexity index is 1020. The Morgan fingerprint density at radius 1 is 1.31 bits per heavy atom. The first-order valence-corrected chi connectivity index (χ1v) is 9.02. The molecule has 3 aromatic rings. The van der Waals surface area contributed by atoms with Gasteiger partial charge in [0.2, 0.25) is 11.8 Å². The molecule has 11 heteroatoms. The number of rotatable bonds is 7. The summed E-state index contributed by atoms with van der Waals surface area (Å²) in [7, 11) is 0.